The van der Waals surface area contributed by atoms with Crippen LogP contribution in [0.1, 0.15) is 6.92 Å². The molecule has 0 aliphatic carbocycles. The summed E-state index contributed by atoms with van der Waals surface area (Å²) in [6.07, 6.45) is 0.455. The van der Waals surface area contributed by atoms with Gasteiger partial charge < -0.3 is 0 Å². The van der Waals surface area contributed by atoms with Crippen LogP contribution in [0.3, 0.4) is 0 Å². The first-order chi connectivity index (χ1) is 8.72. The zero-order valence-corrected chi connectivity index (χ0v) is 11.2. The molecule has 0 aliphatic rings. The molecule has 4 heteroatoms. The van der Waals surface area contributed by atoms with E-state index in [4.69, 9.17) is 9.05 Å². The van der Waals surface area contributed by atoms with Crippen LogP contribution in [-0.4, -0.2) is 11.1 Å². The summed E-state index contributed by atoms with van der Waals surface area (Å²) in [7, 11) is -3.21. The fraction of sp³-hybridized carbons (Fsp3) is 0.143. The third-order valence-electron chi connectivity index (χ3n) is 2.49. The van der Waals surface area contributed by atoms with E-state index in [1.807, 2.05) is 67.6 Å². The summed E-state index contributed by atoms with van der Waals surface area (Å²) in [6, 6.07) is 18.5. The van der Waals surface area contributed by atoms with E-state index >= 15 is 0 Å². The zero-order chi connectivity index (χ0) is 12.8. The first-order valence-electron chi connectivity index (χ1n) is 5.92. The molecule has 0 bridgehead atoms. The molecule has 2 rings (SSSR count). The predicted molar refractivity (Wildman–Crippen MR) is 75.2 cm³/mol. The Balaban J connectivity index is 2.11. The molecular formula is C14H17O3P. The van der Waals surface area contributed by atoms with Crippen molar-refractivity contribution in [3.05, 3.63) is 60.7 Å². The van der Waals surface area contributed by atoms with Gasteiger partial charge in [0.15, 0.2) is 0 Å². The van der Waals surface area contributed by atoms with Crippen molar-refractivity contribution in [3.8, 4) is 11.5 Å². The molecule has 0 aromatic heterocycles. The van der Waals surface area contributed by atoms with Crippen molar-refractivity contribution in [1.29, 1.82) is 0 Å². The van der Waals surface area contributed by atoms with E-state index < -0.39 is 7.94 Å². The second-order valence-electron chi connectivity index (χ2n) is 3.90. The molecular weight excluding hydrogens is 247 g/mol. The Bertz CT molecular complexity index is 431. The SMILES string of the molecule is CC[PH](O)(Oc1ccccc1)Oc1ccccc1. The molecule has 3 nitrogen and oxygen atoms in total. The van der Waals surface area contributed by atoms with Crippen molar-refractivity contribution >= 4 is 7.94 Å². The summed E-state index contributed by atoms with van der Waals surface area (Å²) >= 11 is 0. The van der Waals surface area contributed by atoms with Crippen LogP contribution in [-0.2, 0) is 0 Å². The van der Waals surface area contributed by atoms with Crippen molar-refractivity contribution < 1.29 is 13.9 Å². The number of para-hydroxylation sites is 2. The van der Waals surface area contributed by atoms with E-state index in [9.17, 15) is 4.89 Å². The summed E-state index contributed by atoms with van der Waals surface area (Å²) in [5.41, 5.74) is 0. The van der Waals surface area contributed by atoms with Crippen LogP contribution in [0.25, 0.3) is 0 Å². The van der Waals surface area contributed by atoms with E-state index in [2.05, 4.69) is 0 Å². The van der Waals surface area contributed by atoms with E-state index in [0.717, 1.165) is 0 Å². The van der Waals surface area contributed by atoms with Gasteiger partial charge in [0.1, 0.15) is 0 Å². The Morgan fingerprint density at radius 1 is 0.833 bits per heavy atom. The third kappa shape index (κ3) is 3.46. The monoisotopic (exact) mass is 264 g/mol. The Hall–Kier alpha value is -1.57. The van der Waals surface area contributed by atoms with E-state index in [1.54, 1.807) is 0 Å². The Morgan fingerprint density at radius 3 is 1.56 bits per heavy atom. The number of hydrogen-bond acceptors (Lipinski definition) is 3. The first-order valence-corrected chi connectivity index (χ1v) is 7.89. The fourth-order valence-corrected chi connectivity index (χ4v) is 2.85. The maximum atomic E-state index is 10.4. The van der Waals surface area contributed by atoms with Gasteiger partial charge in [-0.1, -0.05) is 0 Å². The van der Waals surface area contributed by atoms with Gasteiger partial charge in [-0.25, -0.2) is 0 Å². The molecule has 2 aromatic carbocycles. The molecule has 0 saturated carbocycles. The molecule has 0 spiro atoms. The average molecular weight is 264 g/mol. The van der Waals surface area contributed by atoms with Crippen molar-refractivity contribution in [2.45, 2.75) is 6.92 Å². The van der Waals surface area contributed by atoms with Gasteiger partial charge in [-0.05, 0) is 0 Å². The molecule has 0 saturated heterocycles. The van der Waals surface area contributed by atoms with E-state index in [-0.39, 0.29) is 0 Å². The van der Waals surface area contributed by atoms with Gasteiger partial charge in [0, 0.05) is 0 Å². The van der Waals surface area contributed by atoms with Crippen LogP contribution in [0.5, 0.6) is 11.5 Å². The molecule has 0 amide bonds. The minimum atomic E-state index is -3.21. The van der Waals surface area contributed by atoms with Gasteiger partial charge in [-0.2, -0.15) is 0 Å². The van der Waals surface area contributed by atoms with Gasteiger partial charge in [-0.15, -0.1) is 0 Å². The summed E-state index contributed by atoms with van der Waals surface area (Å²) in [4.78, 5) is 10.4. The molecule has 0 radical (unpaired) electrons. The molecule has 0 unspecified atom stereocenters. The van der Waals surface area contributed by atoms with Gasteiger partial charge >= 0.3 is 107 Å². The number of benzene rings is 2. The summed E-state index contributed by atoms with van der Waals surface area (Å²) < 4.78 is 11.3. The molecule has 0 aliphatic heterocycles. The van der Waals surface area contributed by atoms with Gasteiger partial charge in [0.05, 0.1) is 0 Å². The van der Waals surface area contributed by atoms with Crippen LogP contribution in [0.15, 0.2) is 60.7 Å². The quantitative estimate of drug-likeness (QED) is 0.838. The van der Waals surface area contributed by atoms with E-state index in [1.165, 1.54) is 0 Å². The molecule has 1 N–H and O–H groups in total. The van der Waals surface area contributed by atoms with Crippen molar-refractivity contribution in [2.75, 3.05) is 6.16 Å². The Kier molecular flexibility index (Phi) is 4.19. The predicted octanol–water partition coefficient (Wildman–Crippen LogP) is 3.65. The van der Waals surface area contributed by atoms with Crippen molar-refractivity contribution in [3.63, 3.8) is 0 Å². The topological polar surface area (TPSA) is 38.7 Å². The van der Waals surface area contributed by atoms with Crippen LogP contribution in [0.2, 0.25) is 0 Å². The molecule has 96 valence electrons. The molecule has 0 heterocycles. The second-order valence-corrected chi connectivity index (χ2v) is 6.44. The molecule has 2 aromatic rings. The first kappa shape index (κ1) is 12.9. The van der Waals surface area contributed by atoms with Crippen LogP contribution in [0, 0.1) is 0 Å². The third-order valence-corrected chi connectivity index (χ3v) is 4.49. The van der Waals surface area contributed by atoms with Crippen molar-refractivity contribution in [1.82, 2.24) is 0 Å². The van der Waals surface area contributed by atoms with E-state index in [0.29, 0.717) is 17.7 Å². The summed E-state index contributed by atoms with van der Waals surface area (Å²) in [5, 5.41) is 0. The van der Waals surface area contributed by atoms with Crippen LogP contribution >= 0.6 is 7.94 Å². The average Bonchev–Trinajstić information content (AvgIpc) is 2.41. The standard InChI is InChI=1S/C14H17O3P/c1-2-18(15,16-13-9-5-3-6-10-13)17-14-11-7-4-8-12-14/h3-12,15,18H,2H2,1H3. The molecule has 18 heavy (non-hydrogen) atoms. The number of rotatable bonds is 5. The second kappa shape index (κ2) is 5.85. The Labute approximate surface area is 108 Å². The van der Waals surface area contributed by atoms with Crippen LogP contribution < -0.4 is 9.05 Å². The summed E-state index contributed by atoms with van der Waals surface area (Å²) in [5.74, 6) is 1.26. The molecule has 0 atom stereocenters. The minimum absolute atomic E-state index is 0.455. The van der Waals surface area contributed by atoms with Crippen LogP contribution in [0.4, 0.5) is 0 Å². The van der Waals surface area contributed by atoms with Crippen molar-refractivity contribution in [2.24, 2.45) is 0 Å². The summed E-state index contributed by atoms with van der Waals surface area (Å²) in [6.45, 7) is 1.86. The number of hydrogen-bond donors (Lipinski definition) is 1. The van der Waals surface area contributed by atoms with Gasteiger partial charge in [0.2, 0.25) is 0 Å². The molecule has 0 fully saturated rings. The van der Waals surface area contributed by atoms with Gasteiger partial charge in [-0.3, -0.25) is 0 Å². The maximum absolute atomic E-state index is 10.4. The van der Waals surface area contributed by atoms with Gasteiger partial charge in [0.25, 0.3) is 0 Å². The normalized spacial score (nSPS) is 11.9. The Morgan fingerprint density at radius 2 is 1.22 bits per heavy atom. The zero-order valence-electron chi connectivity index (χ0n) is 10.2. The fourth-order valence-electron chi connectivity index (χ4n) is 1.51.